The van der Waals surface area contributed by atoms with Gasteiger partial charge in [-0.15, -0.1) is 0 Å². The van der Waals surface area contributed by atoms with E-state index in [9.17, 15) is 4.79 Å². The van der Waals surface area contributed by atoms with Crippen LogP contribution in [0.5, 0.6) is 0 Å². The smallest absolute Gasteiger partial charge is 0.227 e. The van der Waals surface area contributed by atoms with Crippen LogP contribution in [0.15, 0.2) is 60.9 Å². The number of carbonyl (C=O) groups is 1. The van der Waals surface area contributed by atoms with E-state index in [1.165, 1.54) is 18.5 Å². The van der Waals surface area contributed by atoms with Gasteiger partial charge in [-0.2, -0.15) is 5.10 Å². The van der Waals surface area contributed by atoms with Gasteiger partial charge < -0.3 is 5.32 Å². The summed E-state index contributed by atoms with van der Waals surface area (Å²) in [6, 6.07) is 16.1. The average Bonchev–Trinajstić information content (AvgIpc) is 3.50. The average molecular weight is 374 g/mol. The van der Waals surface area contributed by atoms with Crippen molar-refractivity contribution in [3.05, 3.63) is 72.2 Å². The van der Waals surface area contributed by atoms with Crippen molar-refractivity contribution in [2.75, 3.05) is 6.54 Å². The molecule has 2 heterocycles. The van der Waals surface area contributed by atoms with Crippen molar-refractivity contribution in [2.24, 2.45) is 0 Å². The second-order valence-corrected chi connectivity index (χ2v) is 7.35. The molecule has 0 bridgehead atoms. The molecule has 0 unspecified atom stereocenters. The Morgan fingerprint density at radius 2 is 1.93 bits per heavy atom. The molecule has 1 N–H and O–H groups in total. The number of amides is 1. The summed E-state index contributed by atoms with van der Waals surface area (Å²) < 4.78 is 2.07. The quantitative estimate of drug-likeness (QED) is 0.645. The molecule has 1 atom stereocenters. The van der Waals surface area contributed by atoms with Crippen molar-refractivity contribution in [1.82, 2.24) is 20.1 Å². The van der Waals surface area contributed by atoms with Gasteiger partial charge in [-0.3, -0.25) is 14.5 Å². The van der Waals surface area contributed by atoms with Gasteiger partial charge in [0.15, 0.2) is 0 Å². The van der Waals surface area contributed by atoms with Crippen LogP contribution < -0.4 is 5.32 Å². The van der Waals surface area contributed by atoms with E-state index >= 15 is 0 Å². The minimum Gasteiger partial charge on any atom is -0.354 e. The summed E-state index contributed by atoms with van der Waals surface area (Å²) in [5.41, 5.74) is 4.40. The van der Waals surface area contributed by atoms with Crippen LogP contribution in [-0.4, -0.2) is 27.2 Å². The number of carbonyl (C=O) groups excluding carboxylic acids is 1. The van der Waals surface area contributed by atoms with Crippen molar-refractivity contribution in [3.63, 3.8) is 0 Å². The molecule has 2 aromatic heterocycles. The molecule has 3 aromatic rings. The Balaban J connectivity index is 1.42. The third-order valence-corrected chi connectivity index (χ3v) is 5.33. The summed E-state index contributed by atoms with van der Waals surface area (Å²) in [5, 5.41) is 7.91. The summed E-state index contributed by atoms with van der Waals surface area (Å²) in [4.78, 5) is 16.8. The molecular formula is C23H26N4O. The molecule has 5 heteroatoms. The highest BCUT2D eigenvalue weighted by Crippen LogP contribution is 2.41. The predicted octanol–water partition coefficient (Wildman–Crippen LogP) is 4.13. The first-order chi connectivity index (χ1) is 13.8. The van der Waals surface area contributed by atoms with Crippen molar-refractivity contribution < 1.29 is 4.79 Å². The van der Waals surface area contributed by atoms with Gasteiger partial charge in [0, 0.05) is 36.1 Å². The lowest BCUT2D eigenvalue weighted by Crippen LogP contribution is -2.32. The molecule has 1 fully saturated rings. The highest BCUT2D eigenvalue weighted by Gasteiger charge is 2.28. The zero-order valence-electron chi connectivity index (χ0n) is 16.2. The van der Waals surface area contributed by atoms with Gasteiger partial charge in [0.2, 0.25) is 5.91 Å². The van der Waals surface area contributed by atoms with Gasteiger partial charge in [-0.25, -0.2) is 0 Å². The standard InChI is InChI=1S/C23H26N4O/c1-2-20(17-6-4-3-5-7-17)23(28)25-14-15-27-22(19-8-9-19)16-21(26-27)18-10-12-24-13-11-18/h3-7,10-13,16,19-20H,2,8-9,14-15H2,1H3,(H,25,28)/t20-/m0/s1. The Morgan fingerprint density at radius 1 is 1.18 bits per heavy atom. The Morgan fingerprint density at radius 3 is 2.61 bits per heavy atom. The first-order valence-electron chi connectivity index (χ1n) is 10.1. The largest absolute Gasteiger partial charge is 0.354 e. The fourth-order valence-corrected chi connectivity index (χ4v) is 3.65. The number of pyridine rings is 1. The number of hydrogen-bond donors (Lipinski definition) is 1. The molecule has 5 nitrogen and oxygen atoms in total. The van der Waals surface area contributed by atoms with E-state index in [1.807, 2.05) is 42.5 Å². The SMILES string of the molecule is CC[C@H](C(=O)NCCn1nc(-c2ccncc2)cc1C1CC1)c1ccccc1. The maximum atomic E-state index is 12.7. The monoisotopic (exact) mass is 374 g/mol. The van der Waals surface area contributed by atoms with E-state index in [1.54, 1.807) is 12.4 Å². The van der Waals surface area contributed by atoms with Gasteiger partial charge in [-0.05, 0) is 43.0 Å². The molecule has 0 saturated heterocycles. The van der Waals surface area contributed by atoms with Crippen LogP contribution in [-0.2, 0) is 11.3 Å². The van der Waals surface area contributed by atoms with Gasteiger partial charge in [0.1, 0.15) is 0 Å². The third kappa shape index (κ3) is 4.14. The summed E-state index contributed by atoms with van der Waals surface area (Å²) in [6.07, 6.45) is 6.82. The maximum absolute atomic E-state index is 12.7. The predicted molar refractivity (Wildman–Crippen MR) is 110 cm³/mol. The van der Waals surface area contributed by atoms with Gasteiger partial charge in [0.25, 0.3) is 0 Å². The topological polar surface area (TPSA) is 59.8 Å². The van der Waals surface area contributed by atoms with Crippen molar-refractivity contribution in [2.45, 2.75) is 44.6 Å². The number of rotatable bonds is 8. The first kappa shape index (κ1) is 18.4. The lowest BCUT2D eigenvalue weighted by molar-refractivity contribution is -0.122. The van der Waals surface area contributed by atoms with E-state index in [-0.39, 0.29) is 11.8 Å². The Labute approximate surface area is 165 Å². The van der Waals surface area contributed by atoms with Gasteiger partial charge >= 0.3 is 0 Å². The highest BCUT2D eigenvalue weighted by molar-refractivity contribution is 5.83. The van der Waals surface area contributed by atoms with Gasteiger partial charge in [-0.1, -0.05) is 37.3 Å². The maximum Gasteiger partial charge on any atom is 0.227 e. The number of hydrogen-bond acceptors (Lipinski definition) is 3. The highest BCUT2D eigenvalue weighted by atomic mass is 16.1. The molecular weight excluding hydrogens is 348 g/mol. The summed E-state index contributed by atoms with van der Waals surface area (Å²) in [7, 11) is 0. The number of aromatic nitrogens is 3. The molecule has 1 aromatic carbocycles. The zero-order chi connectivity index (χ0) is 19.3. The van der Waals surface area contributed by atoms with Crippen molar-refractivity contribution in [1.29, 1.82) is 0 Å². The van der Waals surface area contributed by atoms with Crippen molar-refractivity contribution in [3.8, 4) is 11.3 Å². The van der Waals surface area contributed by atoms with Gasteiger partial charge in [0.05, 0.1) is 18.2 Å². The first-order valence-corrected chi connectivity index (χ1v) is 10.1. The molecule has 1 saturated carbocycles. The van der Waals surface area contributed by atoms with E-state index in [0.717, 1.165) is 23.2 Å². The van der Waals surface area contributed by atoms with Crippen LogP contribution in [0.1, 0.15) is 49.3 Å². The lowest BCUT2D eigenvalue weighted by atomic mass is 9.96. The van der Waals surface area contributed by atoms with Crippen LogP contribution in [0.4, 0.5) is 0 Å². The summed E-state index contributed by atoms with van der Waals surface area (Å²) >= 11 is 0. The number of benzene rings is 1. The molecule has 144 valence electrons. The molecule has 4 rings (SSSR count). The van der Waals surface area contributed by atoms with Crippen LogP contribution >= 0.6 is 0 Å². The Kier molecular flexibility index (Phi) is 5.51. The van der Waals surface area contributed by atoms with E-state index in [4.69, 9.17) is 5.10 Å². The number of nitrogens with one attached hydrogen (secondary N) is 1. The van der Waals surface area contributed by atoms with E-state index in [2.05, 4.69) is 28.0 Å². The Bertz CT molecular complexity index is 916. The molecule has 0 radical (unpaired) electrons. The van der Waals surface area contributed by atoms with E-state index in [0.29, 0.717) is 19.0 Å². The number of nitrogens with zero attached hydrogens (tertiary/aromatic N) is 3. The molecule has 28 heavy (non-hydrogen) atoms. The van der Waals surface area contributed by atoms with Crippen LogP contribution in [0.2, 0.25) is 0 Å². The van der Waals surface area contributed by atoms with Crippen LogP contribution in [0.3, 0.4) is 0 Å². The molecule has 1 aliphatic rings. The van der Waals surface area contributed by atoms with Crippen LogP contribution in [0, 0.1) is 0 Å². The fourth-order valence-electron chi connectivity index (χ4n) is 3.65. The molecule has 1 aliphatic carbocycles. The minimum atomic E-state index is -0.103. The van der Waals surface area contributed by atoms with Crippen molar-refractivity contribution >= 4 is 5.91 Å². The molecule has 0 spiro atoms. The van der Waals surface area contributed by atoms with E-state index < -0.39 is 0 Å². The molecule has 0 aliphatic heterocycles. The normalized spacial score (nSPS) is 14.6. The lowest BCUT2D eigenvalue weighted by Gasteiger charge is -2.16. The zero-order valence-corrected chi connectivity index (χ0v) is 16.2. The van der Waals surface area contributed by atoms with Crippen LogP contribution in [0.25, 0.3) is 11.3 Å². The third-order valence-electron chi connectivity index (χ3n) is 5.33. The minimum absolute atomic E-state index is 0.0863. The second-order valence-electron chi connectivity index (χ2n) is 7.35. The molecule has 1 amide bonds. The Hall–Kier alpha value is -2.95. The summed E-state index contributed by atoms with van der Waals surface area (Å²) in [5.74, 6) is 0.587. The second kappa shape index (κ2) is 8.38. The summed E-state index contributed by atoms with van der Waals surface area (Å²) in [6.45, 7) is 3.32. The fraction of sp³-hybridized carbons (Fsp3) is 0.348.